The third-order valence-electron chi connectivity index (χ3n) is 4.56. The topological polar surface area (TPSA) is 89.4 Å². The largest absolute Gasteiger partial charge is 0.374 e. The van der Waals surface area contributed by atoms with E-state index in [4.69, 9.17) is 4.74 Å². The van der Waals surface area contributed by atoms with E-state index in [0.717, 1.165) is 0 Å². The van der Waals surface area contributed by atoms with Crippen molar-refractivity contribution in [1.29, 1.82) is 0 Å². The molecule has 24 heavy (non-hydrogen) atoms. The van der Waals surface area contributed by atoms with Crippen LogP contribution < -0.4 is 5.32 Å². The Balaban J connectivity index is 1.72. The van der Waals surface area contributed by atoms with Gasteiger partial charge in [0.25, 0.3) is 0 Å². The van der Waals surface area contributed by atoms with Crippen LogP contribution in [0.15, 0.2) is 35.5 Å². The van der Waals surface area contributed by atoms with E-state index in [1.165, 1.54) is 6.20 Å². The number of fused-ring (bicyclic) bond motifs is 1. The van der Waals surface area contributed by atoms with Gasteiger partial charge in [-0.2, -0.15) is 9.40 Å². The summed E-state index contributed by atoms with van der Waals surface area (Å²) in [6.07, 6.45) is 2.98. The molecule has 2 aliphatic heterocycles. The standard InChI is InChI=1S/C15H19N5O3S/c1-11-14(10-18-20(11)15-4-2-3-5-17-15)24(21,22)19-6-7-23-13-9-16-8-12(13)19/h2-5,10,12-13,16H,6-9H2,1H3/t12-,13+/m1/s1. The van der Waals surface area contributed by atoms with Gasteiger partial charge in [0, 0.05) is 25.8 Å². The van der Waals surface area contributed by atoms with Crippen molar-refractivity contribution in [3.05, 3.63) is 36.3 Å². The number of hydrogen-bond donors (Lipinski definition) is 1. The number of hydrogen-bond acceptors (Lipinski definition) is 6. The van der Waals surface area contributed by atoms with Crippen LogP contribution >= 0.6 is 0 Å². The Labute approximate surface area is 140 Å². The van der Waals surface area contributed by atoms with Gasteiger partial charge in [0.15, 0.2) is 5.82 Å². The van der Waals surface area contributed by atoms with E-state index in [1.54, 1.807) is 34.2 Å². The Morgan fingerprint density at radius 2 is 2.21 bits per heavy atom. The smallest absolute Gasteiger partial charge is 0.246 e. The van der Waals surface area contributed by atoms with Crippen molar-refractivity contribution in [3.8, 4) is 5.82 Å². The first-order valence-corrected chi connectivity index (χ1v) is 9.33. The van der Waals surface area contributed by atoms with E-state index in [9.17, 15) is 8.42 Å². The monoisotopic (exact) mass is 349 g/mol. The van der Waals surface area contributed by atoms with Crippen LogP contribution in [0, 0.1) is 6.92 Å². The first kappa shape index (κ1) is 15.7. The summed E-state index contributed by atoms with van der Waals surface area (Å²) in [5, 5.41) is 7.44. The molecule has 2 aromatic rings. The number of nitrogens with zero attached hydrogens (tertiary/aromatic N) is 4. The van der Waals surface area contributed by atoms with Crippen LogP contribution in [-0.4, -0.2) is 65.9 Å². The average molecular weight is 349 g/mol. The second-order valence-electron chi connectivity index (χ2n) is 5.94. The second-order valence-corrected chi connectivity index (χ2v) is 7.80. The summed E-state index contributed by atoms with van der Waals surface area (Å²) >= 11 is 0. The van der Waals surface area contributed by atoms with Gasteiger partial charge in [-0.25, -0.2) is 18.1 Å². The molecule has 4 heterocycles. The van der Waals surface area contributed by atoms with Crippen molar-refractivity contribution in [2.45, 2.75) is 24.0 Å². The van der Waals surface area contributed by atoms with Crippen molar-refractivity contribution in [1.82, 2.24) is 24.4 Å². The van der Waals surface area contributed by atoms with Gasteiger partial charge < -0.3 is 10.1 Å². The summed E-state index contributed by atoms with van der Waals surface area (Å²) in [5.41, 5.74) is 0.558. The van der Waals surface area contributed by atoms with Gasteiger partial charge in [-0.15, -0.1) is 0 Å². The molecule has 2 atom stereocenters. The van der Waals surface area contributed by atoms with E-state index >= 15 is 0 Å². The Morgan fingerprint density at radius 1 is 1.33 bits per heavy atom. The maximum absolute atomic E-state index is 13.2. The molecular formula is C15H19N5O3S. The van der Waals surface area contributed by atoms with Crippen LogP contribution in [-0.2, 0) is 14.8 Å². The highest BCUT2D eigenvalue weighted by Crippen LogP contribution is 2.27. The maximum Gasteiger partial charge on any atom is 0.246 e. The number of sulfonamides is 1. The number of nitrogens with one attached hydrogen (secondary N) is 1. The summed E-state index contributed by atoms with van der Waals surface area (Å²) in [5.74, 6) is 0.596. The number of pyridine rings is 1. The SMILES string of the molecule is Cc1c(S(=O)(=O)N2CCO[C@H]3CNC[C@H]32)cnn1-c1ccccn1. The molecule has 128 valence electrons. The normalized spacial score (nSPS) is 24.9. The molecule has 2 aromatic heterocycles. The highest BCUT2D eigenvalue weighted by Gasteiger charge is 2.43. The predicted molar refractivity (Wildman–Crippen MR) is 86.4 cm³/mol. The minimum Gasteiger partial charge on any atom is -0.374 e. The van der Waals surface area contributed by atoms with Gasteiger partial charge in [-0.3, -0.25) is 0 Å². The molecule has 9 heteroatoms. The van der Waals surface area contributed by atoms with Crippen molar-refractivity contribution in [3.63, 3.8) is 0 Å². The maximum atomic E-state index is 13.2. The van der Waals surface area contributed by atoms with Crippen LogP contribution in [0.25, 0.3) is 5.82 Å². The van der Waals surface area contributed by atoms with Crippen LogP contribution in [0.2, 0.25) is 0 Å². The summed E-state index contributed by atoms with van der Waals surface area (Å²) < 4.78 is 35.1. The Bertz CT molecular complexity index is 836. The minimum atomic E-state index is -3.63. The molecule has 8 nitrogen and oxygen atoms in total. The lowest BCUT2D eigenvalue weighted by Gasteiger charge is -2.35. The molecule has 2 fully saturated rings. The number of morpholine rings is 1. The molecule has 0 aromatic carbocycles. The lowest BCUT2D eigenvalue weighted by Crippen LogP contribution is -2.53. The fourth-order valence-electron chi connectivity index (χ4n) is 3.34. The molecule has 0 radical (unpaired) electrons. The van der Waals surface area contributed by atoms with Crippen LogP contribution in [0.3, 0.4) is 0 Å². The summed E-state index contributed by atoms with van der Waals surface area (Å²) in [6, 6.07) is 5.28. The third kappa shape index (κ3) is 2.44. The Morgan fingerprint density at radius 3 is 3.00 bits per heavy atom. The quantitative estimate of drug-likeness (QED) is 0.835. The van der Waals surface area contributed by atoms with Gasteiger partial charge in [0.05, 0.1) is 30.6 Å². The average Bonchev–Trinajstić information content (AvgIpc) is 3.21. The molecule has 4 rings (SSSR count). The molecular weight excluding hydrogens is 330 g/mol. The molecule has 0 saturated carbocycles. The van der Waals surface area contributed by atoms with Gasteiger partial charge in [0.1, 0.15) is 4.90 Å². The molecule has 2 saturated heterocycles. The zero-order valence-electron chi connectivity index (χ0n) is 13.3. The van der Waals surface area contributed by atoms with Gasteiger partial charge in [-0.1, -0.05) is 6.07 Å². The third-order valence-corrected chi connectivity index (χ3v) is 6.59. The fraction of sp³-hybridized carbons (Fsp3) is 0.467. The van der Waals surface area contributed by atoms with Gasteiger partial charge in [-0.05, 0) is 19.1 Å². The van der Waals surface area contributed by atoms with Gasteiger partial charge >= 0.3 is 0 Å². The number of ether oxygens (including phenoxy) is 1. The van der Waals surface area contributed by atoms with Crippen molar-refractivity contribution < 1.29 is 13.2 Å². The summed E-state index contributed by atoms with van der Waals surface area (Å²) in [7, 11) is -3.63. The molecule has 0 amide bonds. The van der Waals surface area contributed by atoms with Crippen molar-refractivity contribution in [2.24, 2.45) is 0 Å². The van der Waals surface area contributed by atoms with E-state index in [-0.39, 0.29) is 17.0 Å². The zero-order valence-corrected chi connectivity index (χ0v) is 14.1. The Kier molecular flexibility index (Phi) is 3.87. The molecule has 0 bridgehead atoms. The Hall–Kier alpha value is -1.81. The predicted octanol–water partition coefficient (Wildman–Crippen LogP) is -0.0630. The van der Waals surface area contributed by atoms with E-state index in [1.807, 2.05) is 6.07 Å². The van der Waals surface area contributed by atoms with E-state index in [2.05, 4.69) is 15.4 Å². The molecule has 2 aliphatic rings. The van der Waals surface area contributed by atoms with Crippen molar-refractivity contribution >= 4 is 10.0 Å². The highest BCUT2D eigenvalue weighted by molar-refractivity contribution is 7.89. The molecule has 0 unspecified atom stereocenters. The first-order valence-electron chi connectivity index (χ1n) is 7.89. The molecule has 0 aliphatic carbocycles. The number of rotatable bonds is 3. The first-order chi connectivity index (χ1) is 11.6. The van der Waals surface area contributed by atoms with Crippen molar-refractivity contribution in [2.75, 3.05) is 26.2 Å². The molecule has 0 spiro atoms. The van der Waals surface area contributed by atoms with Gasteiger partial charge in [0.2, 0.25) is 10.0 Å². The fourth-order valence-corrected chi connectivity index (χ4v) is 5.12. The van der Waals surface area contributed by atoms with Crippen LogP contribution in [0.5, 0.6) is 0 Å². The summed E-state index contributed by atoms with van der Waals surface area (Å²) in [4.78, 5) is 4.46. The second kappa shape index (κ2) is 5.92. The lowest BCUT2D eigenvalue weighted by atomic mass is 10.2. The zero-order chi connectivity index (χ0) is 16.7. The number of aromatic nitrogens is 3. The highest BCUT2D eigenvalue weighted by atomic mass is 32.2. The van der Waals surface area contributed by atoms with Crippen LogP contribution in [0.1, 0.15) is 5.69 Å². The lowest BCUT2D eigenvalue weighted by molar-refractivity contribution is -0.0149. The minimum absolute atomic E-state index is 0.0836. The van der Waals surface area contributed by atoms with E-state index in [0.29, 0.717) is 37.8 Å². The molecule has 1 N–H and O–H groups in total. The summed E-state index contributed by atoms with van der Waals surface area (Å²) in [6.45, 7) is 3.81. The van der Waals surface area contributed by atoms with E-state index < -0.39 is 10.0 Å². The van der Waals surface area contributed by atoms with Crippen LogP contribution in [0.4, 0.5) is 0 Å².